The summed E-state index contributed by atoms with van der Waals surface area (Å²) in [5.74, 6) is 1.01. The first-order valence-electron chi connectivity index (χ1n) is 8.55. The molecule has 3 aromatic rings. The Hall–Kier alpha value is -3.33. The van der Waals surface area contributed by atoms with Gasteiger partial charge in [0.1, 0.15) is 23.5 Å². The van der Waals surface area contributed by atoms with Crippen LogP contribution in [0.1, 0.15) is 11.5 Å². The Morgan fingerprint density at radius 1 is 1.17 bits per heavy atom. The minimum atomic E-state index is -0.719. The molecule has 0 fully saturated rings. The van der Waals surface area contributed by atoms with E-state index < -0.39 is 11.4 Å². The lowest BCUT2D eigenvalue weighted by Gasteiger charge is -2.07. The number of ether oxygens (including phenoxy) is 3. The van der Waals surface area contributed by atoms with Gasteiger partial charge in [0.05, 0.1) is 12.9 Å². The molecule has 8 nitrogen and oxygen atoms in total. The quantitative estimate of drug-likeness (QED) is 0.313. The van der Waals surface area contributed by atoms with Crippen LogP contribution in [0.25, 0.3) is 0 Å². The fourth-order valence-electron chi connectivity index (χ4n) is 2.19. The molecule has 0 spiro atoms. The van der Waals surface area contributed by atoms with Gasteiger partial charge in [-0.1, -0.05) is 11.8 Å². The van der Waals surface area contributed by atoms with Crippen molar-refractivity contribution in [1.82, 2.24) is 9.97 Å². The first kappa shape index (κ1) is 20.4. The lowest BCUT2D eigenvalue weighted by molar-refractivity contribution is -0.136. The van der Waals surface area contributed by atoms with Gasteiger partial charge in [0.15, 0.2) is 11.8 Å². The van der Waals surface area contributed by atoms with E-state index in [4.69, 9.17) is 18.6 Å². The Bertz CT molecular complexity index is 1040. The van der Waals surface area contributed by atoms with Gasteiger partial charge in [-0.05, 0) is 37.3 Å². The van der Waals surface area contributed by atoms with Crippen LogP contribution < -0.4 is 19.6 Å². The van der Waals surface area contributed by atoms with E-state index in [1.54, 1.807) is 43.6 Å². The van der Waals surface area contributed by atoms with Gasteiger partial charge >= 0.3 is 5.97 Å². The maximum atomic E-state index is 12.2. The van der Waals surface area contributed by atoms with Crippen molar-refractivity contribution in [3.63, 3.8) is 0 Å². The van der Waals surface area contributed by atoms with Crippen molar-refractivity contribution in [1.29, 1.82) is 0 Å². The van der Waals surface area contributed by atoms with Gasteiger partial charge in [-0.2, -0.15) is 0 Å². The zero-order chi connectivity index (χ0) is 20.6. The van der Waals surface area contributed by atoms with Crippen molar-refractivity contribution < 1.29 is 23.4 Å². The Balaban J connectivity index is 1.52. The standard InChI is InChI=1S/C20H18N2O6S/c1-13-7-8-21-20(22-13)29-12-16-9-17(23)18(10-26-16)28-19(24)11-27-15-5-3-14(25-2)4-6-15/h3-10H,11-12H2,1-2H3. The molecule has 1 aromatic carbocycles. The summed E-state index contributed by atoms with van der Waals surface area (Å²) in [5, 5.41) is 0.582. The molecule has 0 aliphatic rings. The highest BCUT2D eigenvalue weighted by Gasteiger charge is 2.12. The van der Waals surface area contributed by atoms with E-state index in [-0.39, 0.29) is 12.4 Å². The van der Waals surface area contributed by atoms with Crippen LogP contribution in [-0.4, -0.2) is 29.7 Å². The zero-order valence-corrected chi connectivity index (χ0v) is 16.6. The molecule has 0 atom stereocenters. The van der Waals surface area contributed by atoms with Gasteiger partial charge < -0.3 is 18.6 Å². The molecule has 0 saturated heterocycles. The van der Waals surface area contributed by atoms with E-state index in [0.29, 0.717) is 28.2 Å². The number of benzene rings is 1. The van der Waals surface area contributed by atoms with Crippen LogP contribution in [0.2, 0.25) is 0 Å². The van der Waals surface area contributed by atoms with Crippen LogP contribution in [0, 0.1) is 6.92 Å². The topological polar surface area (TPSA) is 101 Å². The number of aryl methyl sites for hydroxylation is 1. The van der Waals surface area contributed by atoms with Gasteiger partial charge in [-0.3, -0.25) is 4.79 Å². The van der Waals surface area contributed by atoms with E-state index in [9.17, 15) is 9.59 Å². The number of esters is 1. The van der Waals surface area contributed by atoms with E-state index in [1.807, 2.05) is 6.92 Å². The van der Waals surface area contributed by atoms with Crippen LogP contribution in [0.15, 0.2) is 63.2 Å². The first-order chi connectivity index (χ1) is 14.0. The molecule has 0 aliphatic heterocycles. The van der Waals surface area contributed by atoms with Crippen molar-refractivity contribution in [2.24, 2.45) is 0 Å². The number of carbonyl (C=O) groups excluding carboxylic acids is 1. The number of carbonyl (C=O) groups is 1. The number of hydrogen-bond donors (Lipinski definition) is 0. The third-order valence-electron chi connectivity index (χ3n) is 3.61. The first-order valence-corrected chi connectivity index (χ1v) is 9.54. The number of methoxy groups -OCH3 is 1. The van der Waals surface area contributed by atoms with Crippen LogP contribution in [0.5, 0.6) is 17.2 Å². The van der Waals surface area contributed by atoms with E-state index in [1.165, 1.54) is 17.8 Å². The molecule has 0 bridgehead atoms. The lowest BCUT2D eigenvalue weighted by Crippen LogP contribution is -2.20. The average Bonchev–Trinajstić information content (AvgIpc) is 2.73. The molecule has 0 saturated carbocycles. The summed E-state index contributed by atoms with van der Waals surface area (Å²) in [6.45, 7) is 1.52. The van der Waals surface area contributed by atoms with Crippen molar-refractivity contribution in [3.05, 3.63) is 70.5 Å². The summed E-state index contributed by atoms with van der Waals surface area (Å²) >= 11 is 1.33. The predicted molar refractivity (Wildman–Crippen MR) is 105 cm³/mol. The molecule has 0 amide bonds. The second-order valence-corrected chi connectivity index (χ2v) is 6.72. The molecule has 9 heteroatoms. The van der Waals surface area contributed by atoms with Crippen LogP contribution in [-0.2, 0) is 10.5 Å². The maximum absolute atomic E-state index is 12.2. The zero-order valence-electron chi connectivity index (χ0n) is 15.8. The summed E-state index contributed by atoms with van der Waals surface area (Å²) < 4.78 is 20.8. The number of aromatic nitrogens is 2. The van der Waals surface area contributed by atoms with Crippen LogP contribution in [0.3, 0.4) is 0 Å². The second-order valence-electron chi connectivity index (χ2n) is 5.78. The maximum Gasteiger partial charge on any atom is 0.349 e. The van der Waals surface area contributed by atoms with Gasteiger partial charge in [-0.15, -0.1) is 0 Å². The molecule has 0 unspecified atom stereocenters. The Morgan fingerprint density at radius 3 is 2.62 bits per heavy atom. The van der Waals surface area contributed by atoms with Gasteiger partial charge in [0.25, 0.3) is 0 Å². The van der Waals surface area contributed by atoms with Gasteiger partial charge in [-0.25, -0.2) is 14.8 Å². The summed E-state index contributed by atoms with van der Waals surface area (Å²) in [7, 11) is 1.55. The van der Waals surface area contributed by atoms with Crippen molar-refractivity contribution in [3.8, 4) is 17.2 Å². The predicted octanol–water partition coefficient (Wildman–Crippen LogP) is 3.02. The largest absolute Gasteiger partial charge is 0.497 e. The molecule has 29 heavy (non-hydrogen) atoms. The lowest BCUT2D eigenvalue weighted by atomic mass is 10.3. The SMILES string of the molecule is COc1ccc(OCC(=O)Oc2coc(CSc3nccc(C)n3)cc2=O)cc1. The highest BCUT2D eigenvalue weighted by molar-refractivity contribution is 7.98. The van der Waals surface area contributed by atoms with E-state index >= 15 is 0 Å². The molecule has 0 aliphatic carbocycles. The fraction of sp³-hybridized carbons (Fsp3) is 0.200. The summed E-state index contributed by atoms with van der Waals surface area (Å²) in [5.41, 5.74) is 0.387. The van der Waals surface area contributed by atoms with E-state index in [0.717, 1.165) is 12.0 Å². The molecule has 150 valence electrons. The monoisotopic (exact) mass is 414 g/mol. The molecule has 3 rings (SSSR count). The molecule has 2 heterocycles. The third-order valence-corrected chi connectivity index (χ3v) is 4.49. The minimum Gasteiger partial charge on any atom is -0.497 e. The molecular weight excluding hydrogens is 396 g/mol. The number of hydrogen-bond acceptors (Lipinski definition) is 9. The number of rotatable bonds is 8. The number of thioether (sulfide) groups is 1. The molecule has 2 aromatic heterocycles. The summed E-state index contributed by atoms with van der Waals surface area (Å²) in [6, 6.07) is 9.79. The van der Waals surface area contributed by atoms with Gasteiger partial charge in [0, 0.05) is 18.0 Å². The second kappa shape index (κ2) is 9.74. The minimum absolute atomic E-state index is 0.200. The van der Waals surface area contributed by atoms with Gasteiger partial charge in [0.2, 0.25) is 11.2 Å². The summed E-state index contributed by atoms with van der Waals surface area (Å²) in [6.07, 6.45) is 2.78. The fourth-order valence-corrected chi connectivity index (χ4v) is 2.95. The molecule has 0 N–H and O–H groups in total. The van der Waals surface area contributed by atoms with Crippen molar-refractivity contribution in [2.45, 2.75) is 17.8 Å². The third kappa shape index (κ3) is 6.08. The van der Waals surface area contributed by atoms with E-state index in [2.05, 4.69) is 9.97 Å². The van der Waals surface area contributed by atoms with Crippen molar-refractivity contribution >= 4 is 17.7 Å². The highest BCUT2D eigenvalue weighted by atomic mass is 32.2. The Morgan fingerprint density at radius 2 is 1.93 bits per heavy atom. The smallest absolute Gasteiger partial charge is 0.349 e. The van der Waals surface area contributed by atoms with Crippen LogP contribution >= 0.6 is 11.8 Å². The molecular formula is C20H18N2O6S. The number of nitrogens with zero attached hydrogens (tertiary/aromatic N) is 2. The van der Waals surface area contributed by atoms with Crippen molar-refractivity contribution in [2.75, 3.05) is 13.7 Å². The average molecular weight is 414 g/mol. The normalized spacial score (nSPS) is 10.4. The molecule has 0 radical (unpaired) electrons. The summed E-state index contributed by atoms with van der Waals surface area (Å²) in [4.78, 5) is 32.5. The highest BCUT2D eigenvalue weighted by Crippen LogP contribution is 2.20. The Kier molecular flexibility index (Phi) is 6.85. The Labute approximate surface area is 170 Å². The van der Waals surface area contributed by atoms with Crippen LogP contribution in [0.4, 0.5) is 0 Å².